The number of amides is 1. The number of hydrogen-bond acceptors (Lipinski definition) is 5. The average Bonchev–Trinajstić information content (AvgIpc) is 3.23. The first-order valence-electron chi connectivity index (χ1n) is 8.40. The molecular weight excluding hydrogens is 360 g/mol. The molecule has 1 aromatic carbocycles. The Morgan fingerprint density at radius 2 is 2.07 bits per heavy atom. The van der Waals surface area contributed by atoms with Crippen LogP contribution in [0.15, 0.2) is 48.7 Å². The maximum atomic E-state index is 12.7. The van der Waals surface area contributed by atoms with E-state index in [1.807, 2.05) is 56.4 Å². The van der Waals surface area contributed by atoms with Crippen molar-refractivity contribution in [2.75, 3.05) is 12.4 Å². The van der Waals surface area contributed by atoms with E-state index in [2.05, 4.69) is 15.4 Å². The molecule has 0 aliphatic carbocycles. The molecule has 0 fully saturated rings. The van der Waals surface area contributed by atoms with Crippen LogP contribution in [0.3, 0.4) is 0 Å². The number of anilines is 1. The van der Waals surface area contributed by atoms with Gasteiger partial charge in [0, 0.05) is 24.2 Å². The topological polar surface area (TPSA) is 69.0 Å². The van der Waals surface area contributed by atoms with Crippen LogP contribution in [0.5, 0.6) is 5.75 Å². The summed E-state index contributed by atoms with van der Waals surface area (Å²) < 4.78 is 7.11. The maximum absolute atomic E-state index is 12.7. The number of thiophene rings is 1. The van der Waals surface area contributed by atoms with Gasteiger partial charge in [-0.2, -0.15) is 5.10 Å². The van der Waals surface area contributed by atoms with E-state index in [0.717, 1.165) is 32.8 Å². The molecule has 136 valence electrons. The molecule has 0 unspecified atom stereocenters. The minimum absolute atomic E-state index is 0.175. The number of methoxy groups -OCH3 is 1. The summed E-state index contributed by atoms with van der Waals surface area (Å²) in [6, 6.07) is 13.4. The van der Waals surface area contributed by atoms with Gasteiger partial charge in [0.1, 0.15) is 22.1 Å². The van der Waals surface area contributed by atoms with Crippen molar-refractivity contribution in [2.24, 2.45) is 7.05 Å². The molecule has 0 spiro atoms. The second kappa shape index (κ2) is 6.85. The predicted molar refractivity (Wildman–Crippen MR) is 108 cm³/mol. The van der Waals surface area contributed by atoms with Crippen LogP contribution in [0.25, 0.3) is 21.5 Å². The molecule has 0 atom stereocenters. The zero-order chi connectivity index (χ0) is 19.0. The summed E-state index contributed by atoms with van der Waals surface area (Å²) in [7, 11) is 3.52. The number of carbonyl (C=O) groups is 1. The van der Waals surface area contributed by atoms with Gasteiger partial charge >= 0.3 is 0 Å². The number of ether oxygens (including phenoxy) is 1. The van der Waals surface area contributed by atoms with E-state index in [1.54, 1.807) is 18.0 Å². The summed E-state index contributed by atoms with van der Waals surface area (Å²) >= 11 is 1.41. The van der Waals surface area contributed by atoms with Gasteiger partial charge in [0.15, 0.2) is 0 Å². The molecule has 0 saturated carbocycles. The number of aromatic nitrogens is 3. The molecule has 6 nitrogen and oxygen atoms in total. The van der Waals surface area contributed by atoms with Gasteiger partial charge in [0.05, 0.1) is 12.0 Å². The number of aryl methyl sites for hydroxylation is 2. The highest BCUT2D eigenvalue weighted by atomic mass is 32.1. The van der Waals surface area contributed by atoms with E-state index in [1.165, 1.54) is 11.3 Å². The maximum Gasteiger partial charge on any atom is 0.266 e. The van der Waals surface area contributed by atoms with Gasteiger partial charge in [-0.15, -0.1) is 11.3 Å². The Morgan fingerprint density at radius 3 is 2.85 bits per heavy atom. The van der Waals surface area contributed by atoms with Gasteiger partial charge in [-0.05, 0) is 42.8 Å². The Bertz CT molecular complexity index is 1150. The molecule has 0 saturated heterocycles. The van der Waals surface area contributed by atoms with Crippen molar-refractivity contribution >= 4 is 33.3 Å². The minimum atomic E-state index is -0.175. The predicted octanol–water partition coefficient (Wildman–Crippen LogP) is 4.27. The lowest BCUT2D eigenvalue weighted by molar-refractivity contribution is 0.103. The van der Waals surface area contributed by atoms with Crippen molar-refractivity contribution in [2.45, 2.75) is 6.92 Å². The standard InChI is InChI=1S/C20H18N4O2S/c1-12-7-8-21-17(9-12)22-19(25)16-11-15-18(23-24(2)20(15)27-16)13-5-4-6-14(10-13)26-3/h4-11H,1-3H3,(H,21,22,25). The lowest BCUT2D eigenvalue weighted by Crippen LogP contribution is -2.11. The summed E-state index contributed by atoms with van der Waals surface area (Å²) in [6.45, 7) is 1.96. The molecule has 3 heterocycles. The molecular formula is C20H18N4O2S. The van der Waals surface area contributed by atoms with Crippen LogP contribution in [0.4, 0.5) is 5.82 Å². The van der Waals surface area contributed by atoms with Crippen LogP contribution in [-0.2, 0) is 7.05 Å². The number of hydrogen-bond donors (Lipinski definition) is 1. The molecule has 0 bridgehead atoms. The first-order valence-corrected chi connectivity index (χ1v) is 9.22. The van der Waals surface area contributed by atoms with Crippen LogP contribution < -0.4 is 10.1 Å². The highest BCUT2D eigenvalue weighted by molar-refractivity contribution is 7.20. The second-order valence-corrected chi connectivity index (χ2v) is 7.24. The number of rotatable bonds is 4. The summed E-state index contributed by atoms with van der Waals surface area (Å²) in [4.78, 5) is 18.4. The number of carbonyl (C=O) groups excluding carboxylic acids is 1. The number of pyridine rings is 1. The van der Waals surface area contributed by atoms with Crippen LogP contribution in [0.2, 0.25) is 0 Å². The summed E-state index contributed by atoms with van der Waals surface area (Å²) in [5.74, 6) is 1.14. The van der Waals surface area contributed by atoms with E-state index in [9.17, 15) is 4.79 Å². The number of nitrogens with zero attached hydrogens (tertiary/aromatic N) is 3. The van der Waals surface area contributed by atoms with E-state index >= 15 is 0 Å². The fourth-order valence-electron chi connectivity index (χ4n) is 2.92. The van der Waals surface area contributed by atoms with Crippen molar-refractivity contribution in [3.05, 3.63) is 59.1 Å². The first kappa shape index (κ1) is 17.2. The largest absolute Gasteiger partial charge is 0.497 e. The summed E-state index contributed by atoms with van der Waals surface area (Å²) in [6.07, 6.45) is 1.68. The molecule has 1 amide bonds. The van der Waals surface area contributed by atoms with Gasteiger partial charge in [0.2, 0.25) is 0 Å². The number of fused-ring (bicyclic) bond motifs is 1. The lowest BCUT2D eigenvalue weighted by Gasteiger charge is -2.03. The minimum Gasteiger partial charge on any atom is -0.497 e. The summed E-state index contributed by atoms with van der Waals surface area (Å²) in [5.41, 5.74) is 2.82. The molecule has 27 heavy (non-hydrogen) atoms. The number of benzene rings is 1. The first-order chi connectivity index (χ1) is 13.0. The van der Waals surface area contributed by atoms with Gasteiger partial charge in [-0.3, -0.25) is 9.48 Å². The Morgan fingerprint density at radius 1 is 1.22 bits per heavy atom. The third kappa shape index (κ3) is 3.29. The molecule has 4 rings (SSSR count). The van der Waals surface area contributed by atoms with Gasteiger partial charge in [0.25, 0.3) is 5.91 Å². The Balaban J connectivity index is 1.71. The average molecular weight is 378 g/mol. The van der Waals surface area contributed by atoms with Crippen LogP contribution in [-0.4, -0.2) is 27.8 Å². The van der Waals surface area contributed by atoms with Gasteiger partial charge < -0.3 is 10.1 Å². The fourth-order valence-corrected chi connectivity index (χ4v) is 3.89. The van der Waals surface area contributed by atoms with Crippen LogP contribution >= 0.6 is 11.3 Å². The SMILES string of the molecule is COc1cccc(-c2nn(C)c3sc(C(=O)Nc4cc(C)ccn4)cc23)c1. The summed E-state index contributed by atoms with van der Waals surface area (Å²) in [5, 5.41) is 8.42. The third-order valence-corrected chi connectivity index (χ3v) is 5.44. The fraction of sp³-hybridized carbons (Fsp3) is 0.150. The van der Waals surface area contributed by atoms with E-state index < -0.39 is 0 Å². The Hall–Kier alpha value is -3.19. The van der Waals surface area contributed by atoms with Crippen LogP contribution in [0, 0.1) is 6.92 Å². The lowest BCUT2D eigenvalue weighted by atomic mass is 10.1. The van der Waals surface area contributed by atoms with Crippen molar-refractivity contribution in [3.63, 3.8) is 0 Å². The highest BCUT2D eigenvalue weighted by Gasteiger charge is 2.18. The second-order valence-electron chi connectivity index (χ2n) is 6.21. The van der Waals surface area contributed by atoms with Crippen molar-refractivity contribution in [3.8, 4) is 17.0 Å². The van der Waals surface area contributed by atoms with E-state index in [-0.39, 0.29) is 5.91 Å². The Labute approximate surface area is 160 Å². The number of nitrogens with one attached hydrogen (secondary N) is 1. The molecule has 1 N–H and O–H groups in total. The molecule has 0 aliphatic heterocycles. The zero-order valence-corrected chi connectivity index (χ0v) is 16.0. The monoisotopic (exact) mass is 378 g/mol. The van der Waals surface area contributed by atoms with Crippen molar-refractivity contribution in [1.29, 1.82) is 0 Å². The van der Waals surface area contributed by atoms with Crippen LogP contribution in [0.1, 0.15) is 15.2 Å². The smallest absolute Gasteiger partial charge is 0.266 e. The molecule has 0 aliphatic rings. The van der Waals surface area contributed by atoms with E-state index in [0.29, 0.717) is 10.7 Å². The zero-order valence-electron chi connectivity index (χ0n) is 15.2. The quantitative estimate of drug-likeness (QED) is 0.576. The third-order valence-electron chi connectivity index (χ3n) is 4.24. The highest BCUT2D eigenvalue weighted by Crippen LogP contribution is 2.35. The van der Waals surface area contributed by atoms with Crippen molar-refractivity contribution in [1.82, 2.24) is 14.8 Å². The van der Waals surface area contributed by atoms with E-state index in [4.69, 9.17) is 4.74 Å². The molecule has 4 aromatic rings. The molecule has 0 radical (unpaired) electrons. The van der Waals surface area contributed by atoms with Gasteiger partial charge in [-0.25, -0.2) is 4.98 Å². The molecule has 3 aromatic heterocycles. The molecule has 7 heteroatoms. The van der Waals surface area contributed by atoms with Crippen molar-refractivity contribution < 1.29 is 9.53 Å². The Kier molecular flexibility index (Phi) is 4.37. The normalized spacial score (nSPS) is 10.9. The van der Waals surface area contributed by atoms with Gasteiger partial charge in [-0.1, -0.05) is 12.1 Å².